The molecule has 24 atom stereocenters. The van der Waals surface area contributed by atoms with E-state index in [1.54, 1.807) is 11.5 Å². The quantitative estimate of drug-likeness (QED) is 0.0170. The lowest BCUT2D eigenvalue weighted by Crippen LogP contribution is -2.34. The molecule has 126 heavy (non-hydrogen) atoms. The van der Waals surface area contributed by atoms with Gasteiger partial charge >= 0.3 is 17.1 Å². The maximum Gasteiger partial charge on any atom is 0.351 e. The van der Waals surface area contributed by atoms with E-state index in [1.807, 2.05) is 0 Å². The first-order valence-corrected chi connectivity index (χ1v) is 53.1. The lowest BCUT2D eigenvalue weighted by Gasteiger charge is -2.36. The first-order chi connectivity index (χ1) is 59.5. The molecule has 0 aromatic carbocycles. The number of nitrogens with two attached hydrogens (primary N) is 4. The number of ether oxygens (including phenoxy) is 6. The number of aryl methyl sites for hydroxylation is 3. The van der Waals surface area contributed by atoms with E-state index in [0.29, 0.717) is 23.1 Å². The Bertz CT molecular complexity index is 6330. The van der Waals surface area contributed by atoms with Gasteiger partial charge in [-0.25, -0.2) is 49.3 Å². The number of aromatic nitrogens is 18. The second-order valence-electron chi connectivity index (χ2n) is 29.2. The second kappa shape index (κ2) is 37.8. The van der Waals surface area contributed by atoms with Crippen LogP contribution in [0.1, 0.15) is 106 Å². The molecule has 52 nitrogen and oxygen atoms in total. The van der Waals surface area contributed by atoms with Crippen LogP contribution in [0.3, 0.4) is 0 Å². The number of anilines is 4. The number of nitrogen functional groups attached to an aromatic ring is 4. The van der Waals surface area contributed by atoms with Gasteiger partial charge in [-0.05, 0) is 27.2 Å². The van der Waals surface area contributed by atoms with Gasteiger partial charge in [0, 0.05) is 80.9 Å². The topological polar surface area (TPSA) is 698 Å². The van der Waals surface area contributed by atoms with Crippen LogP contribution in [-0.2, 0) is 159 Å². The highest BCUT2D eigenvalue weighted by molar-refractivity contribution is 8.32. The Morgan fingerprint density at radius 2 is 0.754 bits per heavy atom. The van der Waals surface area contributed by atoms with Crippen LogP contribution in [-0.4, -0.2) is 201 Å². The van der Waals surface area contributed by atoms with Crippen molar-refractivity contribution in [3.63, 3.8) is 0 Å². The van der Waals surface area contributed by atoms with Crippen molar-refractivity contribution in [2.45, 2.75) is 183 Å². The van der Waals surface area contributed by atoms with E-state index < -0.39 is 231 Å². The fraction of sp³-hybridized carbons (Fsp3) is 0.565. The molecule has 0 radical (unpaired) electrons. The van der Waals surface area contributed by atoms with Gasteiger partial charge in [0.2, 0.25) is 5.95 Å². The molecule has 9 aromatic rings. The predicted octanol–water partition coefficient (Wildman–Crippen LogP) is -1.83. The normalized spacial score (nSPS) is 29.4. The molecule has 11 N–H and O–H groups in total. The van der Waals surface area contributed by atoms with Crippen molar-refractivity contribution in [2.24, 2.45) is 0 Å². The van der Waals surface area contributed by atoms with Crippen LogP contribution in [0.4, 0.5) is 23.4 Å². The Morgan fingerprint density at radius 1 is 0.421 bits per heavy atom. The minimum atomic E-state index is -5.00. The number of nitrogens with one attached hydrogen (secondary N) is 3. The number of H-pyrrole nitrogens is 3. The van der Waals surface area contributed by atoms with Crippen molar-refractivity contribution in [3.8, 4) is 0 Å². The molecule has 0 aliphatic carbocycles. The molecule has 0 spiro atoms. The van der Waals surface area contributed by atoms with Crippen LogP contribution in [0, 0.1) is 20.8 Å². The van der Waals surface area contributed by atoms with Crippen LogP contribution < -0.4 is 81.1 Å². The summed E-state index contributed by atoms with van der Waals surface area (Å²) in [5.74, 6) is -0.263. The minimum Gasteiger partial charge on any atom is -0.780 e. The monoisotopic (exact) mass is 1990 g/mol. The number of hydrogen-bond donors (Lipinski definition) is 7. The Balaban J connectivity index is 0.634. The number of aromatic amines is 3. The molecule has 6 aliphatic rings. The molecule has 0 saturated carbocycles. The number of rotatable bonds is 35. The molecular formula is C62H76N22O30P6S6-6. The summed E-state index contributed by atoms with van der Waals surface area (Å²) in [5.41, 5.74) is 20.3. The molecule has 12 unspecified atom stereocenters. The van der Waals surface area contributed by atoms with Crippen LogP contribution >= 0.6 is 40.4 Å². The summed E-state index contributed by atoms with van der Waals surface area (Å²) in [6.45, 7) is -26.3. The molecule has 0 amide bonds. The van der Waals surface area contributed by atoms with Crippen molar-refractivity contribution >= 4 is 169 Å². The zero-order valence-corrected chi connectivity index (χ0v) is 76.2. The zero-order valence-electron chi connectivity index (χ0n) is 65.9. The Morgan fingerprint density at radius 3 is 1.15 bits per heavy atom. The summed E-state index contributed by atoms with van der Waals surface area (Å²) >= 11 is 32.4. The molecule has 6 aliphatic heterocycles. The molecule has 686 valence electrons. The van der Waals surface area contributed by atoms with E-state index in [0.717, 1.165) is 33.3 Å². The third-order valence-electron chi connectivity index (χ3n) is 20.8. The predicted molar refractivity (Wildman–Crippen MR) is 446 cm³/mol. The van der Waals surface area contributed by atoms with Gasteiger partial charge in [-0.1, -0.05) is 66.0 Å². The van der Waals surface area contributed by atoms with Gasteiger partial charge in [0.1, 0.15) is 131 Å². The van der Waals surface area contributed by atoms with E-state index in [2.05, 4.69) is 59.8 Å². The average Bonchev–Trinajstić information content (AvgIpc) is 1.61. The van der Waals surface area contributed by atoms with Crippen molar-refractivity contribution in [1.82, 2.24) is 87.2 Å². The van der Waals surface area contributed by atoms with Crippen LogP contribution in [0.25, 0.3) is 33.5 Å². The smallest absolute Gasteiger partial charge is 0.351 e. The highest BCUT2D eigenvalue weighted by Gasteiger charge is 2.48. The maximum absolute atomic E-state index is 14.8. The van der Waals surface area contributed by atoms with Crippen LogP contribution in [0.2, 0.25) is 0 Å². The van der Waals surface area contributed by atoms with Gasteiger partial charge in [0.15, 0.2) is 40.9 Å². The molecule has 6 saturated heterocycles. The van der Waals surface area contributed by atoms with Gasteiger partial charge in [0.05, 0.1) is 94.7 Å². The standard InChI is InChI=1S/C62H82N22O30P6S6/c1-6-29-30(7-44(103-29)82-23-71-47-51(64)67-21-69-53(47)82)110-116(92,122)98-17-38-33(9-42(105-38)80-14-27(3)56(85)77-61(80)89)112-118(94,124)101-19-39-34(10-43(106-39)81-15-28(4)57(86)78-62(81)90)113-117(93,123)100-18-37-32(8-41(104-37)79-13-26(2)50(63)74-60(79)88)111-119(95,125)102-20-40-35(12-45(107-40)83-24-72-48-52(65)68-22-70-54(48)83)114-120(96,126)99-16-36-31(109-115(91,121)97-5)11-46(108-36)84-25-73-49-55(84)75-59(66)76-58(49)87/h13-15,21-25,29-46H,6-12,16-20H2,1-5H3,(H,91,121)(H,92,122)(H,93,123)(H,94,124)(H,95,125)(H,96,126)(H2,63,74,88)(H2,64,67,69)(H2,65,68,70)(H,77,85,89)(H,78,86,90)(H3,66,75,76,87)/p-6/t29-,30?,31?,32?,33?,34?,35?,36-,37-,38-,39-,40-,41-,42-,43-,44-,45-,46-,115?,116?,117?,118?,119?,120?/m1/s1. The van der Waals surface area contributed by atoms with Crippen LogP contribution in [0.5, 0.6) is 0 Å². The highest BCUT2D eigenvalue weighted by Crippen LogP contribution is 2.56. The van der Waals surface area contributed by atoms with Crippen molar-refractivity contribution in [2.75, 3.05) is 63.1 Å². The van der Waals surface area contributed by atoms with Gasteiger partial charge in [-0.2, -0.15) is 9.97 Å². The van der Waals surface area contributed by atoms with E-state index in [4.69, 9.17) is 177 Å². The summed E-state index contributed by atoms with van der Waals surface area (Å²) in [6, 6.07) is 0. The molecule has 15 heterocycles. The third kappa shape index (κ3) is 21.4. The number of nitrogens with zero attached hydrogens (tertiary/aromatic N) is 15. The lowest BCUT2D eigenvalue weighted by molar-refractivity contribution is -0.221. The van der Waals surface area contributed by atoms with E-state index >= 15 is 0 Å². The number of imidazole rings is 3. The SMILES string of the molecule is CC[C@H]1O[C@@H](n2cnc3c(N)ncnc32)CC1OP([O-])(=S)OC[C@H]1O[C@@H](n2cc(C)c(=O)[nH]c2=O)CC1OP(=O)([S-])OC[C@H]1O[C@@H](n2cc(C)c(=O)[nH]c2=O)CC1OP([O-])(=S)OC[C@H]1O[C@@H](n2cc(C)c(N)nc2=O)CC1OP([O-])(=S)OC[C@H]1O[C@@H](n2cnc3c(N)ncnc32)CC1OP([O-])(=S)OC[C@H]1O[C@@H](n2cnc3c(=O)[nH]c(N)nc32)CC1OP([O-])(=S)OC. The van der Waals surface area contributed by atoms with E-state index in [-0.39, 0.29) is 82.5 Å². The molecule has 0 bridgehead atoms. The molecule has 15 rings (SSSR count). The Labute approximate surface area is 738 Å². The number of fused-ring (bicyclic) bond motifs is 3. The molecule has 6 fully saturated rings. The fourth-order valence-corrected chi connectivity index (χ4v) is 23.0. The first-order valence-electron chi connectivity index (χ1n) is 37.7. The average molecular weight is 1990 g/mol. The second-order valence-corrected chi connectivity index (χ2v) is 45.5. The molecule has 64 heteroatoms. The zero-order chi connectivity index (χ0) is 90.2. The molecule has 9 aromatic heterocycles. The largest absolute Gasteiger partial charge is 0.780 e. The van der Waals surface area contributed by atoms with Crippen molar-refractivity contribution in [3.05, 3.63) is 129 Å². The Hall–Kier alpha value is -6.20. The van der Waals surface area contributed by atoms with Crippen molar-refractivity contribution in [1.29, 1.82) is 0 Å². The van der Waals surface area contributed by atoms with Gasteiger partial charge < -0.3 is 142 Å². The van der Waals surface area contributed by atoms with Crippen molar-refractivity contribution < 1.29 is 112 Å². The summed E-state index contributed by atoms with van der Waals surface area (Å²) in [6.07, 6.45) is -14.3. The van der Waals surface area contributed by atoms with Gasteiger partial charge in [0.25, 0.3) is 16.7 Å². The summed E-state index contributed by atoms with van der Waals surface area (Å²) in [7, 11) is 1.05. The highest BCUT2D eigenvalue weighted by atomic mass is 32.7. The van der Waals surface area contributed by atoms with Crippen LogP contribution in [0.15, 0.2) is 79.0 Å². The van der Waals surface area contributed by atoms with Gasteiger partial charge in [-0.3, -0.25) is 61.3 Å². The summed E-state index contributed by atoms with van der Waals surface area (Å²) < 4.78 is 129. The van der Waals surface area contributed by atoms with E-state index in [9.17, 15) is 57.8 Å². The molecular weight excluding hydrogens is 1910 g/mol. The number of hydrogen-bond acceptors (Lipinski definition) is 49. The Kier molecular flexibility index (Phi) is 28.3. The van der Waals surface area contributed by atoms with Gasteiger partial charge in [-0.15, -0.1) is 0 Å². The first kappa shape index (κ1) is 94.4. The summed E-state index contributed by atoms with van der Waals surface area (Å²) in [4.78, 5) is 194. The van der Waals surface area contributed by atoms with E-state index in [1.165, 1.54) is 67.6 Å². The fourth-order valence-electron chi connectivity index (χ4n) is 14.7. The lowest BCUT2D eigenvalue weighted by atomic mass is 10.1. The summed E-state index contributed by atoms with van der Waals surface area (Å²) in [5, 5.41) is 0. The third-order valence-corrected chi connectivity index (χ3v) is 30.4. The minimum absolute atomic E-state index is 0.00265. The maximum atomic E-state index is 14.8.